The van der Waals surface area contributed by atoms with Crippen molar-refractivity contribution in [1.29, 1.82) is 0 Å². The molecule has 0 saturated heterocycles. The first-order chi connectivity index (χ1) is 8.99. The molecule has 0 aliphatic carbocycles. The summed E-state index contributed by atoms with van der Waals surface area (Å²) >= 11 is 6.74. The van der Waals surface area contributed by atoms with E-state index in [4.69, 9.17) is 0 Å². The lowest BCUT2D eigenvalue weighted by Gasteiger charge is -2.10. The second-order valence-electron chi connectivity index (χ2n) is 4.07. The SMILES string of the molecule is Cc1ccc(C(=O)Nc2c(Br)cccc2Br)c(O)c1. The lowest BCUT2D eigenvalue weighted by molar-refractivity contribution is 0.102. The van der Waals surface area contributed by atoms with Gasteiger partial charge in [-0.15, -0.1) is 0 Å². The van der Waals surface area contributed by atoms with Crippen LogP contribution in [0.15, 0.2) is 45.3 Å². The summed E-state index contributed by atoms with van der Waals surface area (Å²) in [6.07, 6.45) is 0. The number of hydrogen-bond acceptors (Lipinski definition) is 2. The van der Waals surface area contributed by atoms with Crippen molar-refractivity contribution < 1.29 is 9.90 Å². The Bertz CT molecular complexity index is 621. The molecule has 0 bridgehead atoms. The summed E-state index contributed by atoms with van der Waals surface area (Å²) in [6, 6.07) is 10.5. The molecule has 2 N–H and O–H groups in total. The van der Waals surface area contributed by atoms with Crippen molar-refractivity contribution in [2.24, 2.45) is 0 Å². The van der Waals surface area contributed by atoms with Gasteiger partial charge in [-0.25, -0.2) is 0 Å². The molecule has 0 radical (unpaired) electrons. The molecule has 0 aliphatic heterocycles. The number of phenolic OH excluding ortho intramolecular Hbond substituents is 1. The van der Waals surface area contributed by atoms with Crippen LogP contribution in [0.3, 0.4) is 0 Å². The number of carbonyl (C=O) groups is 1. The third-order valence-corrected chi connectivity index (χ3v) is 3.92. The minimum atomic E-state index is -0.356. The minimum absolute atomic E-state index is 0.0272. The van der Waals surface area contributed by atoms with Gasteiger partial charge >= 0.3 is 0 Å². The average Bonchev–Trinajstić information content (AvgIpc) is 2.33. The van der Waals surface area contributed by atoms with Gasteiger partial charge in [0.15, 0.2) is 0 Å². The molecule has 0 unspecified atom stereocenters. The summed E-state index contributed by atoms with van der Waals surface area (Å²) in [6.45, 7) is 1.85. The van der Waals surface area contributed by atoms with E-state index in [1.165, 1.54) is 0 Å². The monoisotopic (exact) mass is 383 g/mol. The van der Waals surface area contributed by atoms with Crippen molar-refractivity contribution in [2.45, 2.75) is 6.92 Å². The summed E-state index contributed by atoms with van der Waals surface area (Å²) in [7, 11) is 0. The lowest BCUT2D eigenvalue weighted by Crippen LogP contribution is -2.13. The fraction of sp³-hybridized carbons (Fsp3) is 0.0714. The fourth-order valence-electron chi connectivity index (χ4n) is 1.63. The third kappa shape index (κ3) is 3.16. The molecule has 0 saturated carbocycles. The van der Waals surface area contributed by atoms with Crippen LogP contribution in [0.5, 0.6) is 5.75 Å². The topological polar surface area (TPSA) is 49.3 Å². The summed E-state index contributed by atoms with van der Waals surface area (Å²) in [5, 5.41) is 12.6. The van der Waals surface area contributed by atoms with Crippen LogP contribution in [0.2, 0.25) is 0 Å². The number of nitrogens with one attached hydrogen (secondary N) is 1. The number of hydrogen-bond donors (Lipinski definition) is 2. The molecule has 0 fully saturated rings. The van der Waals surface area contributed by atoms with E-state index in [-0.39, 0.29) is 17.2 Å². The highest BCUT2D eigenvalue weighted by atomic mass is 79.9. The van der Waals surface area contributed by atoms with Crippen LogP contribution < -0.4 is 5.32 Å². The zero-order chi connectivity index (χ0) is 14.0. The number of benzene rings is 2. The summed E-state index contributed by atoms with van der Waals surface area (Å²) in [5.74, 6) is -0.384. The van der Waals surface area contributed by atoms with Gasteiger partial charge in [-0.1, -0.05) is 12.1 Å². The van der Waals surface area contributed by atoms with Crippen LogP contribution in [-0.4, -0.2) is 11.0 Å². The van der Waals surface area contributed by atoms with E-state index in [0.29, 0.717) is 5.69 Å². The zero-order valence-electron chi connectivity index (χ0n) is 10.1. The number of phenols is 1. The Labute approximate surface area is 127 Å². The molecule has 0 aromatic heterocycles. The van der Waals surface area contributed by atoms with Crippen LogP contribution in [0.4, 0.5) is 5.69 Å². The number of carbonyl (C=O) groups excluding carboxylic acids is 1. The first kappa shape index (κ1) is 14.1. The maximum Gasteiger partial charge on any atom is 0.259 e. The molecular weight excluding hydrogens is 374 g/mol. The van der Waals surface area contributed by atoms with E-state index in [0.717, 1.165) is 14.5 Å². The summed E-state index contributed by atoms with van der Waals surface area (Å²) in [5.41, 5.74) is 1.77. The molecule has 2 aromatic rings. The van der Waals surface area contributed by atoms with Crippen molar-refractivity contribution in [3.8, 4) is 5.75 Å². The molecule has 2 aromatic carbocycles. The van der Waals surface area contributed by atoms with Gasteiger partial charge in [0.2, 0.25) is 0 Å². The third-order valence-electron chi connectivity index (χ3n) is 2.60. The van der Waals surface area contributed by atoms with E-state index < -0.39 is 0 Å². The van der Waals surface area contributed by atoms with Gasteiger partial charge in [0.05, 0.1) is 11.3 Å². The Hall–Kier alpha value is -1.33. The van der Waals surface area contributed by atoms with E-state index in [1.54, 1.807) is 18.2 Å². The van der Waals surface area contributed by atoms with Gasteiger partial charge in [0.25, 0.3) is 5.91 Å². The van der Waals surface area contributed by atoms with Crippen molar-refractivity contribution in [3.63, 3.8) is 0 Å². The van der Waals surface area contributed by atoms with E-state index in [9.17, 15) is 9.90 Å². The second-order valence-corrected chi connectivity index (χ2v) is 5.78. The van der Waals surface area contributed by atoms with Crippen molar-refractivity contribution in [2.75, 3.05) is 5.32 Å². The Kier molecular flexibility index (Phi) is 4.27. The Morgan fingerprint density at radius 3 is 2.37 bits per heavy atom. The largest absolute Gasteiger partial charge is 0.507 e. The van der Waals surface area contributed by atoms with E-state index >= 15 is 0 Å². The van der Waals surface area contributed by atoms with Gasteiger partial charge in [-0.2, -0.15) is 0 Å². The number of halogens is 2. The predicted molar refractivity (Wildman–Crippen MR) is 82.6 cm³/mol. The molecule has 0 heterocycles. The predicted octanol–water partition coefficient (Wildman–Crippen LogP) is 4.48. The number of rotatable bonds is 2. The molecule has 1 amide bonds. The van der Waals surface area contributed by atoms with Crippen molar-refractivity contribution >= 4 is 43.5 Å². The highest BCUT2D eigenvalue weighted by Crippen LogP contribution is 2.31. The maximum atomic E-state index is 12.1. The van der Waals surface area contributed by atoms with Crippen molar-refractivity contribution in [3.05, 3.63) is 56.5 Å². The quantitative estimate of drug-likeness (QED) is 0.801. The summed E-state index contributed by atoms with van der Waals surface area (Å²) < 4.78 is 1.53. The molecule has 0 aliphatic rings. The number of amides is 1. The van der Waals surface area contributed by atoms with E-state index in [2.05, 4.69) is 37.2 Å². The fourth-order valence-corrected chi connectivity index (χ4v) is 2.83. The van der Waals surface area contributed by atoms with Crippen LogP contribution in [-0.2, 0) is 0 Å². The van der Waals surface area contributed by atoms with Crippen molar-refractivity contribution in [1.82, 2.24) is 0 Å². The van der Waals surface area contributed by atoms with Gasteiger partial charge < -0.3 is 10.4 Å². The number of aromatic hydroxyl groups is 1. The van der Waals surface area contributed by atoms with Crippen LogP contribution >= 0.6 is 31.9 Å². The number of para-hydroxylation sites is 1. The van der Waals surface area contributed by atoms with Gasteiger partial charge in [0.1, 0.15) is 5.75 Å². The molecular formula is C14H11Br2NO2. The Morgan fingerprint density at radius 2 is 1.79 bits per heavy atom. The lowest BCUT2D eigenvalue weighted by atomic mass is 10.1. The smallest absolute Gasteiger partial charge is 0.259 e. The van der Waals surface area contributed by atoms with Gasteiger partial charge in [0, 0.05) is 8.95 Å². The first-order valence-electron chi connectivity index (χ1n) is 5.54. The molecule has 19 heavy (non-hydrogen) atoms. The second kappa shape index (κ2) is 5.75. The molecule has 98 valence electrons. The highest BCUT2D eigenvalue weighted by Gasteiger charge is 2.14. The normalized spacial score (nSPS) is 10.3. The molecule has 0 atom stereocenters. The van der Waals surface area contributed by atoms with Crippen LogP contribution in [0.25, 0.3) is 0 Å². The van der Waals surface area contributed by atoms with Crippen LogP contribution in [0.1, 0.15) is 15.9 Å². The standard InChI is InChI=1S/C14H11Br2NO2/c1-8-5-6-9(12(18)7-8)14(19)17-13-10(15)3-2-4-11(13)16/h2-7,18H,1H3,(H,17,19). The first-order valence-corrected chi connectivity index (χ1v) is 7.12. The zero-order valence-corrected chi connectivity index (χ0v) is 13.2. The average molecular weight is 385 g/mol. The molecule has 2 rings (SSSR count). The molecule has 0 spiro atoms. The highest BCUT2D eigenvalue weighted by molar-refractivity contribution is 9.11. The van der Waals surface area contributed by atoms with E-state index in [1.807, 2.05) is 25.1 Å². The van der Waals surface area contributed by atoms with Gasteiger partial charge in [-0.05, 0) is 68.6 Å². The maximum absolute atomic E-state index is 12.1. The molecule has 5 heteroatoms. The number of aryl methyl sites for hydroxylation is 1. The number of anilines is 1. The van der Waals surface area contributed by atoms with Crippen LogP contribution in [0, 0.1) is 6.92 Å². The Balaban J connectivity index is 2.31. The Morgan fingerprint density at radius 1 is 1.16 bits per heavy atom. The minimum Gasteiger partial charge on any atom is -0.507 e. The summed E-state index contributed by atoms with van der Waals surface area (Å²) in [4.78, 5) is 12.1. The van der Waals surface area contributed by atoms with Gasteiger partial charge in [-0.3, -0.25) is 4.79 Å². The molecule has 3 nitrogen and oxygen atoms in total.